The number of hydrogen-bond acceptors (Lipinski definition) is 5. The molecule has 1 unspecified atom stereocenters. The van der Waals surface area contributed by atoms with Gasteiger partial charge in [0.05, 0.1) is 6.04 Å². The molecule has 0 radical (unpaired) electrons. The fourth-order valence-electron chi connectivity index (χ4n) is 2.96. The van der Waals surface area contributed by atoms with Crippen LogP contribution < -0.4 is 5.56 Å². The molecule has 7 nitrogen and oxygen atoms in total. The summed E-state index contributed by atoms with van der Waals surface area (Å²) in [6.45, 7) is 5.06. The van der Waals surface area contributed by atoms with Crippen molar-refractivity contribution in [2.24, 2.45) is 0 Å². The van der Waals surface area contributed by atoms with Gasteiger partial charge in [-0.15, -0.1) is 0 Å². The summed E-state index contributed by atoms with van der Waals surface area (Å²) in [6, 6.07) is 4.86. The maximum atomic E-state index is 12.6. The first-order valence-corrected chi connectivity index (χ1v) is 8.34. The second-order valence-corrected chi connectivity index (χ2v) is 6.37. The topological polar surface area (TPSA) is 81.2 Å². The van der Waals surface area contributed by atoms with E-state index in [1.54, 1.807) is 22.9 Å². The van der Waals surface area contributed by atoms with E-state index in [-0.39, 0.29) is 29.8 Å². The van der Waals surface area contributed by atoms with Crippen molar-refractivity contribution in [1.29, 1.82) is 0 Å². The Kier molecular flexibility index (Phi) is 4.78. The molecule has 3 heterocycles. The highest BCUT2D eigenvalue weighted by molar-refractivity contribution is 5.76. The number of rotatable bonds is 5. The summed E-state index contributed by atoms with van der Waals surface area (Å²) in [4.78, 5) is 30.5. The highest BCUT2D eigenvalue weighted by atomic mass is 16.5. The van der Waals surface area contributed by atoms with Crippen LogP contribution in [0.3, 0.4) is 0 Å². The molecule has 1 amide bonds. The van der Waals surface area contributed by atoms with Crippen LogP contribution in [0.25, 0.3) is 0 Å². The van der Waals surface area contributed by atoms with Gasteiger partial charge in [-0.3, -0.25) is 9.59 Å². The smallest absolute Gasteiger partial charge is 0.250 e. The van der Waals surface area contributed by atoms with E-state index >= 15 is 0 Å². The molecule has 128 valence electrons. The van der Waals surface area contributed by atoms with Crippen molar-refractivity contribution < 1.29 is 9.32 Å². The molecule has 0 aliphatic carbocycles. The van der Waals surface area contributed by atoms with Gasteiger partial charge in [0.15, 0.2) is 5.82 Å². The fraction of sp³-hybridized carbons (Fsp3) is 0.529. The molecule has 1 atom stereocenters. The van der Waals surface area contributed by atoms with E-state index < -0.39 is 0 Å². The number of pyridine rings is 1. The minimum absolute atomic E-state index is 0.0177. The summed E-state index contributed by atoms with van der Waals surface area (Å²) in [6.07, 6.45) is 3.75. The Labute approximate surface area is 140 Å². The predicted octanol–water partition coefficient (Wildman–Crippen LogP) is 2.11. The summed E-state index contributed by atoms with van der Waals surface area (Å²) in [5.74, 6) is 1.37. The third kappa shape index (κ3) is 3.39. The van der Waals surface area contributed by atoms with Gasteiger partial charge in [0.2, 0.25) is 11.8 Å². The van der Waals surface area contributed by atoms with Crippen molar-refractivity contribution >= 4 is 5.91 Å². The molecule has 3 rings (SSSR count). The fourth-order valence-corrected chi connectivity index (χ4v) is 2.96. The largest absolute Gasteiger partial charge is 0.339 e. The molecule has 1 fully saturated rings. The lowest BCUT2D eigenvalue weighted by atomic mass is 10.2. The summed E-state index contributed by atoms with van der Waals surface area (Å²) in [5, 5.41) is 4.05. The first-order valence-electron chi connectivity index (χ1n) is 8.34. The molecule has 1 aliphatic heterocycles. The molecule has 1 aliphatic rings. The van der Waals surface area contributed by atoms with Crippen LogP contribution in [0.5, 0.6) is 0 Å². The second kappa shape index (κ2) is 6.98. The molecule has 2 aromatic heterocycles. The van der Waals surface area contributed by atoms with Crippen LogP contribution in [0.2, 0.25) is 0 Å². The molecule has 1 saturated heterocycles. The number of aromatic nitrogens is 3. The van der Waals surface area contributed by atoms with Gasteiger partial charge in [-0.25, -0.2) is 0 Å². The van der Waals surface area contributed by atoms with Crippen LogP contribution in [0.1, 0.15) is 56.8 Å². The first kappa shape index (κ1) is 16.4. The lowest BCUT2D eigenvalue weighted by Crippen LogP contribution is -2.32. The summed E-state index contributed by atoms with van der Waals surface area (Å²) >= 11 is 0. The number of amides is 1. The van der Waals surface area contributed by atoms with Crippen LogP contribution in [-0.4, -0.2) is 32.1 Å². The van der Waals surface area contributed by atoms with Crippen LogP contribution in [0, 0.1) is 0 Å². The van der Waals surface area contributed by atoms with E-state index in [1.165, 1.54) is 6.07 Å². The standard InChI is InChI=1S/C17H22N4O3/c1-12(2)17-18-16(19-24-17)13-6-5-10-21(13)15(23)8-11-20-9-4-3-7-14(20)22/h3-4,7,9,12-13H,5-6,8,10-11H2,1-2H3. The Morgan fingerprint density at radius 2 is 2.25 bits per heavy atom. The van der Waals surface area contributed by atoms with Gasteiger partial charge in [0.25, 0.3) is 5.56 Å². The van der Waals surface area contributed by atoms with Crippen LogP contribution in [0.4, 0.5) is 0 Å². The third-order valence-corrected chi connectivity index (χ3v) is 4.29. The summed E-state index contributed by atoms with van der Waals surface area (Å²) in [5.41, 5.74) is -0.0944. The monoisotopic (exact) mass is 330 g/mol. The number of carbonyl (C=O) groups is 1. The highest BCUT2D eigenvalue weighted by Crippen LogP contribution is 2.31. The summed E-state index contributed by atoms with van der Waals surface area (Å²) in [7, 11) is 0. The van der Waals surface area contributed by atoms with E-state index in [4.69, 9.17) is 4.52 Å². The van der Waals surface area contributed by atoms with Crippen LogP contribution in [-0.2, 0) is 11.3 Å². The van der Waals surface area contributed by atoms with E-state index in [2.05, 4.69) is 10.1 Å². The molecule has 24 heavy (non-hydrogen) atoms. The average Bonchev–Trinajstić information content (AvgIpc) is 3.22. The zero-order valence-electron chi connectivity index (χ0n) is 14.0. The first-order chi connectivity index (χ1) is 11.6. The van der Waals surface area contributed by atoms with Gasteiger partial charge in [-0.2, -0.15) is 4.98 Å². The number of aryl methyl sites for hydroxylation is 1. The molecule has 0 spiro atoms. The number of nitrogens with zero attached hydrogens (tertiary/aromatic N) is 4. The van der Waals surface area contributed by atoms with Crippen molar-refractivity contribution in [3.05, 3.63) is 46.5 Å². The zero-order valence-corrected chi connectivity index (χ0v) is 14.0. The number of carbonyl (C=O) groups excluding carboxylic acids is 1. The van der Waals surface area contributed by atoms with Crippen molar-refractivity contribution in [3.8, 4) is 0 Å². The van der Waals surface area contributed by atoms with Crippen LogP contribution >= 0.6 is 0 Å². The van der Waals surface area contributed by atoms with Gasteiger partial charge >= 0.3 is 0 Å². The van der Waals surface area contributed by atoms with E-state index in [0.29, 0.717) is 24.8 Å². The number of likely N-dealkylation sites (tertiary alicyclic amines) is 1. The van der Waals surface area contributed by atoms with Gasteiger partial charge in [-0.05, 0) is 18.9 Å². The molecule has 0 saturated carbocycles. The Balaban J connectivity index is 1.67. The highest BCUT2D eigenvalue weighted by Gasteiger charge is 2.33. The van der Waals surface area contributed by atoms with E-state index in [0.717, 1.165) is 12.8 Å². The molecular formula is C17H22N4O3. The molecule has 2 aromatic rings. The Morgan fingerprint density at radius 1 is 1.42 bits per heavy atom. The van der Waals surface area contributed by atoms with Crippen LogP contribution in [0.15, 0.2) is 33.7 Å². The quantitative estimate of drug-likeness (QED) is 0.838. The molecule has 7 heteroatoms. The molecule has 0 aromatic carbocycles. The molecular weight excluding hydrogens is 308 g/mol. The lowest BCUT2D eigenvalue weighted by Gasteiger charge is -2.22. The summed E-state index contributed by atoms with van der Waals surface area (Å²) < 4.78 is 6.82. The van der Waals surface area contributed by atoms with Gasteiger partial charge in [-0.1, -0.05) is 25.1 Å². The van der Waals surface area contributed by atoms with Crippen molar-refractivity contribution in [1.82, 2.24) is 19.6 Å². The molecule has 0 N–H and O–H groups in total. The SMILES string of the molecule is CC(C)c1nc(C2CCCN2C(=O)CCn2ccccc2=O)no1. The van der Waals surface area contributed by atoms with Gasteiger partial charge < -0.3 is 14.0 Å². The maximum Gasteiger partial charge on any atom is 0.250 e. The minimum atomic E-state index is -0.124. The van der Waals surface area contributed by atoms with Gasteiger partial charge in [0, 0.05) is 37.7 Å². The maximum absolute atomic E-state index is 12.6. The van der Waals surface area contributed by atoms with Crippen molar-refractivity contribution in [3.63, 3.8) is 0 Å². The number of hydrogen-bond donors (Lipinski definition) is 0. The average molecular weight is 330 g/mol. The van der Waals surface area contributed by atoms with Crippen molar-refractivity contribution in [2.45, 2.75) is 51.6 Å². The lowest BCUT2D eigenvalue weighted by molar-refractivity contribution is -0.132. The normalized spacial score (nSPS) is 17.6. The van der Waals surface area contributed by atoms with E-state index in [1.807, 2.05) is 18.7 Å². The Bertz CT molecular complexity index is 765. The Hall–Kier alpha value is -2.44. The third-order valence-electron chi connectivity index (χ3n) is 4.29. The van der Waals surface area contributed by atoms with Gasteiger partial charge in [0.1, 0.15) is 0 Å². The van der Waals surface area contributed by atoms with Crippen molar-refractivity contribution in [2.75, 3.05) is 6.54 Å². The zero-order chi connectivity index (χ0) is 17.1. The predicted molar refractivity (Wildman–Crippen MR) is 87.4 cm³/mol. The molecule has 0 bridgehead atoms. The van der Waals surface area contributed by atoms with E-state index in [9.17, 15) is 9.59 Å². The minimum Gasteiger partial charge on any atom is -0.339 e. The second-order valence-electron chi connectivity index (χ2n) is 6.37. The Morgan fingerprint density at radius 3 is 2.96 bits per heavy atom.